The third-order valence-corrected chi connectivity index (χ3v) is 6.12. The molecule has 1 aliphatic heterocycles. The van der Waals surface area contributed by atoms with Gasteiger partial charge in [0.2, 0.25) is 0 Å². The molecule has 1 saturated heterocycles. The van der Waals surface area contributed by atoms with Crippen molar-refractivity contribution in [2.24, 2.45) is 0 Å². The Morgan fingerprint density at radius 2 is 1.70 bits per heavy atom. The smallest absolute Gasteiger partial charge is 0.270 e. The summed E-state index contributed by atoms with van der Waals surface area (Å²) < 4.78 is 14.4. The minimum Gasteiger partial charge on any atom is -0.507 e. The Morgan fingerprint density at radius 3 is 2.41 bits per heavy atom. The van der Waals surface area contributed by atoms with Gasteiger partial charge in [0.05, 0.1) is 12.1 Å². The number of phenolic OH excluding ortho intramolecular Hbond substituents is 1. The van der Waals surface area contributed by atoms with Crippen molar-refractivity contribution in [3.63, 3.8) is 0 Å². The number of nitrogens with zero attached hydrogens (tertiary/aromatic N) is 2. The fourth-order valence-corrected chi connectivity index (χ4v) is 4.09. The second-order valence-corrected chi connectivity index (χ2v) is 8.60. The molecule has 3 aromatic rings. The number of rotatable bonds is 6. The van der Waals surface area contributed by atoms with Gasteiger partial charge < -0.3 is 21.1 Å². The molecule has 0 spiro atoms. The molecule has 1 aliphatic rings. The molecule has 0 radical (unpaired) electrons. The van der Waals surface area contributed by atoms with Crippen molar-refractivity contribution in [2.75, 3.05) is 13.1 Å². The topological polar surface area (TPSA) is 133 Å². The van der Waals surface area contributed by atoms with E-state index < -0.39 is 22.9 Å². The van der Waals surface area contributed by atoms with Crippen molar-refractivity contribution < 1.29 is 23.9 Å². The Labute approximate surface area is 219 Å². The first-order valence-corrected chi connectivity index (χ1v) is 11.6. The van der Waals surface area contributed by atoms with Gasteiger partial charge in [-0.2, -0.15) is 0 Å². The van der Waals surface area contributed by atoms with E-state index in [2.05, 4.69) is 25.9 Å². The van der Waals surface area contributed by atoms with E-state index in [0.29, 0.717) is 18.5 Å². The van der Waals surface area contributed by atoms with Crippen molar-refractivity contribution >= 4 is 30.0 Å². The van der Waals surface area contributed by atoms with Gasteiger partial charge in [0, 0.05) is 23.9 Å². The number of benzene rings is 2. The van der Waals surface area contributed by atoms with Crippen LogP contribution in [-0.2, 0) is 0 Å². The van der Waals surface area contributed by atoms with Crippen LogP contribution in [0.4, 0.5) is 4.39 Å². The Balaban J connectivity index is 0.00000380. The zero-order valence-electron chi connectivity index (χ0n) is 20.0. The Morgan fingerprint density at radius 1 is 1.00 bits per heavy atom. The van der Waals surface area contributed by atoms with Gasteiger partial charge in [-0.1, -0.05) is 18.2 Å². The summed E-state index contributed by atoms with van der Waals surface area (Å²) in [6, 6.07) is 9.25. The number of aromatic hydroxyl groups is 1. The molecule has 2 amide bonds. The summed E-state index contributed by atoms with van der Waals surface area (Å²) in [5.41, 5.74) is 0.515. The van der Waals surface area contributed by atoms with E-state index in [1.54, 1.807) is 0 Å². The average Bonchev–Trinajstić information content (AvgIpc) is 3.11. The minimum atomic E-state index is -0.779. The highest BCUT2D eigenvalue weighted by atomic mass is 35.5. The number of aromatic nitrogens is 2. The molecular weight excluding hydrogens is 501 g/mol. The summed E-state index contributed by atoms with van der Waals surface area (Å²) in [5.74, 6) is -2.63. The number of carbonyl (C=O) groups excluding carboxylic acids is 3. The van der Waals surface area contributed by atoms with Crippen molar-refractivity contribution in [2.45, 2.75) is 31.8 Å². The Bertz CT molecular complexity index is 1270. The first-order valence-electron chi connectivity index (χ1n) is 11.6. The van der Waals surface area contributed by atoms with Crippen molar-refractivity contribution in [3.8, 4) is 5.75 Å². The fraction of sp³-hybridized carbons (Fsp3) is 0.269. The van der Waals surface area contributed by atoms with E-state index in [9.17, 15) is 23.9 Å². The van der Waals surface area contributed by atoms with Crippen LogP contribution >= 0.6 is 12.4 Å². The maximum atomic E-state index is 14.4. The van der Waals surface area contributed by atoms with Gasteiger partial charge in [-0.25, -0.2) is 14.4 Å². The molecule has 1 aromatic heterocycles. The standard InChI is InChI=1S/C26H26FN5O4.ClH/c1-15-4-9-21(33)22(23(15)27)24(34)16-5-7-17(8-6-16)25(35)31-18-3-2-11-28-13-20(18)32-26(36)19-10-12-29-14-30-19;/h4-10,12,14,18,20,28,33H,2-3,11,13H2,1H3,(H,31,35)(H,32,36);1H/t18-,20-;/m1./s1. The number of amides is 2. The van der Waals surface area contributed by atoms with Gasteiger partial charge in [0.1, 0.15) is 29.2 Å². The number of halogens is 2. The van der Waals surface area contributed by atoms with Gasteiger partial charge >= 0.3 is 0 Å². The lowest BCUT2D eigenvalue weighted by molar-refractivity contribution is 0.0880. The molecule has 4 N–H and O–H groups in total. The molecule has 2 heterocycles. The largest absolute Gasteiger partial charge is 0.507 e. The number of phenols is 1. The lowest BCUT2D eigenvalue weighted by atomic mass is 9.98. The van der Waals surface area contributed by atoms with Crippen molar-refractivity contribution in [3.05, 3.63) is 88.8 Å². The van der Waals surface area contributed by atoms with E-state index >= 15 is 0 Å². The van der Waals surface area contributed by atoms with Crippen LogP contribution in [0.2, 0.25) is 0 Å². The highest BCUT2D eigenvalue weighted by Gasteiger charge is 2.28. The van der Waals surface area contributed by atoms with Crippen LogP contribution in [0.3, 0.4) is 0 Å². The molecule has 194 valence electrons. The van der Waals surface area contributed by atoms with Gasteiger partial charge in [0.15, 0.2) is 5.78 Å². The van der Waals surface area contributed by atoms with Gasteiger partial charge in [0.25, 0.3) is 11.8 Å². The molecule has 1 fully saturated rings. The van der Waals surface area contributed by atoms with Crippen LogP contribution in [0.1, 0.15) is 55.2 Å². The molecule has 9 nitrogen and oxygen atoms in total. The van der Waals surface area contributed by atoms with E-state index in [1.807, 2.05) is 0 Å². The zero-order valence-corrected chi connectivity index (χ0v) is 20.8. The maximum absolute atomic E-state index is 14.4. The molecule has 0 bridgehead atoms. The summed E-state index contributed by atoms with van der Waals surface area (Å²) in [7, 11) is 0. The highest BCUT2D eigenvalue weighted by Crippen LogP contribution is 2.26. The summed E-state index contributed by atoms with van der Waals surface area (Å²) in [6.45, 7) is 2.73. The predicted molar refractivity (Wildman–Crippen MR) is 137 cm³/mol. The van der Waals surface area contributed by atoms with E-state index in [1.165, 1.54) is 61.9 Å². The second kappa shape index (κ2) is 12.4. The second-order valence-electron chi connectivity index (χ2n) is 8.60. The van der Waals surface area contributed by atoms with Crippen LogP contribution in [0.5, 0.6) is 5.75 Å². The molecule has 11 heteroatoms. The van der Waals surface area contributed by atoms with E-state index in [-0.39, 0.29) is 53.1 Å². The lowest BCUT2D eigenvalue weighted by Crippen LogP contribution is -2.54. The van der Waals surface area contributed by atoms with Crippen LogP contribution in [0, 0.1) is 12.7 Å². The summed E-state index contributed by atoms with van der Waals surface area (Å²) in [5, 5.41) is 19.2. The summed E-state index contributed by atoms with van der Waals surface area (Å²) in [4.78, 5) is 46.1. The third kappa shape index (κ3) is 6.46. The van der Waals surface area contributed by atoms with Crippen LogP contribution in [0.15, 0.2) is 55.0 Å². The van der Waals surface area contributed by atoms with E-state index in [4.69, 9.17) is 0 Å². The quantitative estimate of drug-likeness (QED) is 0.362. The first kappa shape index (κ1) is 27.7. The van der Waals surface area contributed by atoms with E-state index in [0.717, 1.165) is 13.0 Å². The molecule has 0 unspecified atom stereocenters. The normalized spacial score (nSPS) is 17.1. The lowest BCUT2D eigenvalue weighted by Gasteiger charge is -2.27. The summed E-state index contributed by atoms with van der Waals surface area (Å²) >= 11 is 0. The molecule has 2 atom stereocenters. The molecular formula is C26H27ClFN5O4. The molecule has 4 rings (SSSR count). The first-order chi connectivity index (χ1) is 17.3. The highest BCUT2D eigenvalue weighted by molar-refractivity contribution is 6.11. The molecule has 2 aromatic carbocycles. The van der Waals surface area contributed by atoms with Crippen LogP contribution < -0.4 is 16.0 Å². The van der Waals surface area contributed by atoms with Gasteiger partial charge in [-0.15, -0.1) is 12.4 Å². The number of ketones is 1. The Kier molecular flexibility index (Phi) is 9.26. The SMILES string of the molecule is Cc1ccc(O)c(C(=O)c2ccc(C(=O)N[C@@H]3CCCNC[C@H]3NC(=O)c3ccncn3)cc2)c1F.Cl. The third-order valence-electron chi connectivity index (χ3n) is 6.12. The number of hydrogen-bond donors (Lipinski definition) is 4. The van der Waals surface area contributed by atoms with Crippen LogP contribution in [-0.4, -0.2) is 57.8 Å². The van der Waals surface area contributed by atoms with Crippen LogP contribution in [0.25, 0.3) is 0 Å². The number of carbonyl (C=O) groups is 3. The minimum absolute atomic E-state index is 0. The molecule has 37 heavy (non-hydrogen) atoms. The molecule has 0 saturated carbocycles. The fourth-order valence-electron chi connectivity index (χ4n) is 4.09. The van der Waals surface area contributed by atoms with Crippen molar-refractivity contribution in [1.29, 1.82) is 0 Å². The monoisotopic (exact) mass is 527 g/mol. The van der Waals surface area contributed by atoms with Gasteiger partial charge in [-0.3, -0.25) is 14.4 Å². The summed E-state index contributed by atoms with van der Waals surface area (Å²) in [6.07, 6.45) is 4.23. The number of aryl methyl sites for hydroxylation is 1. The van der Waals surface area contributed by atoms with Crippen molar-refractivity contribution in [1.82, 2.24) is 25.9 Å². The maximum Gasteiger partial charge on any atom is 0.270 e. The average molecular weight is 528 g/mol. The van der Waals surface area contributed by atoms with Gasteiger partial charge in [-0.05, 0) is 56.1 Å². The number of nitrogens with one attached hydrogen (secondary N) is 3. The number of hydrogen-bond acceptors (Lipinski definition) is 7. The Hall–Kier alpha value is -3.89. The molecule has 0 aliphatic carbocycles. The zero-order chi connectivity index (χ0) is 25.7. The predicted octanol–water partition coefficient (Wildman–Crippen LogP) is 2.56.